The first-order chi connectivity index (χ1) is 17.4. The van der Waals surface area contributed by atoms with Crippen molar-refractivity contribution in [2.24, 2.45) is 5.92 Å². The molecule has 0 aromatic heterocycles. The van der Waals surface area contributed by atoms with Crippen LogP contribution in [0.4, 0.5) is 0 Å². The highest BCUT2D eigenvalue weighted by molar-refractivity contribution is 5.87. The van der Waals surface area contributed by atoms with Crippen molar-refractivity contribution in [1.82, 2.24) is 0 Å². The smallest absolute Gasteiger partial charge is 0.333 e. The van der Waals surface area contributed by atoms with Crippen LogP contribution in [-0.4, -0.2) is 24.3 Å². The second-order valence-electron chi connectivity index (χ2n) is 9.90. The van der Waals surface area contributed by atoms with E-state index >= 15 is 0 Å². The molecule has 4 heteroatoms. The molecule has 0 aliphatic heterocycles. The van der Waals surface area contributed by atoms with Crippen LogP contribution < -0.4 is 4.74 Å². The molecule has 1 fully saturated rings. The molecule has 1 saturated carbocycles. The summed E-state index contributed by atoms with van der Waals surface area (Å²) in [6.45, 7) is 8.09. The minimum absolute atomic E-state index is 0.0255. The molecule has 4 nitrogen and oxygen atoms in total. The molecule has 36 heavy (non-hydrogen) atoms. The first kappa shape index (κ1) is 25.7. The third-order valence-electron chi connectivity index (χ3n) is 7.07. The molecule has 0 spiro atoms. The van der Waals surface area contributed by atoms with E-state index in [4.69, 9.17) is 14.6 Å². The minimum Gasteiger partial charge on any atom is -0.491 e. The van der Waals surface area contributed by atoms with E-state index in [9.17, 15) is 4.79 Å². The van der Waals surface area contributed by atoms with Crippen LogP contribution in [0.2, 0.25) is 0 Å². The lowest BCUT2D eigenvalue weighted by Crippen LogP contribution is -2.10. The number of benzene rings is 3. The average molecular weight is 485 g/mol. The standard InChI is InChI=1S/C32H36O4/c1-22(2)32(34)36-21-29-20-28(14-17-31(29)27-12-15-30(16-13-27)35-19-18-33)26-10-8-25(9-11-26)24-6-4-23(3)5-7-24/h8-17,20,23-24,33H,1,4-7,18-19,21H2,2-3H3. The fourth-order valence-electron chi connectivity index (χ4n) is 4.88. The molecule has 0 atom stereocenters. The molecule has 0 radical (unpaired) electrons. The lowest BCUT2D eigenvalue weighted by atomic mass is 9.79. The quantitative estimate of drug-likeness (QED) is 0.256. The van der Waals surface area contributed by atoms with Crippen LogP contribution in [-0.2, 0) is 16.1 Å². The summed E-state index contributed by atoms with van der Waals surface area (Å²) in [5.74, 6) is 1.82. The number of carbonyl (C=O) groups is 1. The molecule has 1 aliphatic carbocycles. The molecule has 4 rings (SSSR count). The van der Waals surface area contributed by atoms with Gasteiger partial charge in [0.05, 0.1) is 6.61 Å². The summed E-state index contributed by atoms with van der Waals surface area (Å²) in [6, 6.07) is 23.0. The summed E-state index contributed by atoms with van der Waals surface area (Å²) in [6.07, 6.45) is 5.18. The number of carbonyl (C=O) groups excluding carboxylic acids is 1. The Morgan fingerprint density at radius 3 is 2.19 bits per heavy atom. The number of rotatable bonds is 9. The Kier molecular flexibility index (Phi) is 8.61. The van der Waals surface area contributed by atoms with Crippen molar-refractivity contribution in [2.75, 3.05) is 13.2 Å². The Bertz CT molecular complexity index is 1170. The predicted octanol–water partition coefficient (Wildman–Crippen LogP) is 7.30. The minimum atomic E-state index is -0.398. The Balaban J connectivity index is 1.59. The van der Waals surface area contributed by atoms with Gasteiger partial charge in [0.2, 0.25) is 0 Å². The molecular formula is C32H36O4. The number of ether oxygens (including phenoxy) is 2. The van der Waals surface area contributed by atoms with Gasteiger partial charge in [-0.05, 0) is 83.2 Å². The van der Waals surface area contributed by atoms with E-state index in [1.54, 1.807) is 6.92 Å². The third kappa shape index (κ3) is 6.44. The summed E-state index contributed by atoms with van der Waals surface area (Å²) in [4.78, 5) is 12.1. The topological polar surface area (TPSA) is 55.8 Å². The van der Waals surface area contributed by atoms with Crippen LogP contribution in [0.5, 0.6) is 5.75 Å². The van der Waals surface area contributed by atoms with Gasteiger partial charge in [-0.25, -0.2) is 4.79 Å². The molecule has 0 bridgehead atoms. The van der Waals surface area contributed by atoms with Gasteiger partial charge in [-0.2, -0.15) is 0 Å². The summed E-state index contributed by atoms with van der Waals surface area (Å²) in [5.41, 5.74) is 6.97. The van der Waals surface area contributed by atoms with Crippen LogP contribution in [0.25, 0.3) is 22.3 Å². The van der Waals surface area contributed by atoms with E-state index in [1.807, 2.05) is 24.3 Å². The Morgan fingerprint density at radius 1 is 0.917 bits per heavy atom. The van der Waals surface area contributed by atoms with Gasteiger partial charge in [0.1, 0.15) is 19.0 Å². The Morgan fingerprint density at radius 2 is 1.56 bits per heavy atom. The van der Waals surface area contributed by atoms with Crippen molar-refractivity contribution in [3.63, 3.8) is 0 Å². The summed E-state index contributed by atoms with van der Waals surface area (Å²) in [7, 11) is 0. The van der Waals surface area contributed by atoms with Crippen molar-refractivity contribution in [3.8, 4) is 28.0 Å². The second-order valence-corrected chi connectivity index (χ2v) is 9.90. The Labute approximate surface area is 214 Å². The van der Waals surface area contributed by atoms with Crippen LogP contribution >= 0.6 is 0 Å². The zero-order valence-electron chi connectivity index (χ0n) is 21.3. The van der Waals surface area contributed by atoms with Crippen molar-refractivity contribution < 1.29 is 19.4 Å². The van der Waals surface area contributed by atoms with Crippen molar-refractivity contribution in [2.45, 2.75) is 52.1 Å². The highest BCUT2D eigenvalue weighted by Crippen LogP contribution is 2.37. The van der Waals surface area contributed by atoms with Gasteiger partial charge in [0.25, 0.3) is 0 Å². The molecular weight excluding hydrogens is 448 g/mol. The van der Waals surface area contributed by atoms with Gasteiger partial charge >= 0.3 is 5.97 Å². The molecule has 0 saturated heterocycles. The van der Waals surface area contributed by atoms with E-state index in [0.717, 1.165) is 33.7 Å². The van der Waals surface area contributed by atoms with Crippen molar-refractivity contribution in [3.05, 3.63) is 90.0 Å². The second kappa shape index (κ2) is 12.0. The first-order valence-corrected chi connectivity index (χ1v) is 12.8. The zero-order valence-corrected chi connectivity index (χ0v) is 21.3. The number of hydrogen-bond donors (Lipinski definition) is 1. The highest BCUT2D eigenvalue weighted by Gasteiger charge is 2.19. The van der Waals surface area contributed by atoms with E-state index in [2.05, 4.69) is 56.0 Å². The van der Waals surface area contributed by atoms with Gasteiger partial charge < -0.3 is 14.6 Å². The number of hydrogen-bond acceptors (Lipinski definition) is 4. The van der Waals surface area contributed by atoms with Crippen molar-refractivity contribution >= 4 is 5.97 Å². The predicted molar refractivity (Wildman–Crippen MR) is 145 cm³/mol. The number of aliphatic hydroxyl groups excluding tert-OH is 1. The Hall–Kier alpha value is -3.37. The molecule has 3 aromatic carbocycles. The van der Waals surface area contributed by atoms with Gasteiger partial charge in [0.15, 0.2) is 0 Å². The number of aliphatic hydroxyl groups is 1. The normalized spacial score (nSPS) is 17.4. The maximum atomic E-state index is 12.1. The summed E-state index contributed by atoms with van der Waals surface area (Å²) in [5, 5.41) is 8.98. The van der Waals surface area contributed by atoms with Crippen LogP contribution in [0.3, 0.4) is 0 Å². The van der Waals surface area contributed by atoms with Crippen molar-refractivity contribution in [1.29, 1.82) is 0 Å². The van der Waals surface area contributed by atoms with Gasteiger partial charge in [-0.15, -0.1) is 0 Å². The van der Waals surface area contributed by atoms with Gasteiger partial charge in [-0.1, -0.05) is 74.9 Å². The fourth-order valence-corrected chi connectivity index (χ4v) is 4.88. The van der Waals surface area contributed by atoms with Gasteiger partial charge in [0, 0.05) is 5.57 Å². The van der Waals surface area contributed by atoms with Crippen LogP contribution in [0.1, 0.15) is 56.6 Å². The zero-order chi connectivity index (χ0) is 25.5. The fraction of sp³-hybridized carbons (Fsp3) is 0.344. The molecule has 0 amide bonds. The highest BCUT2D eigenvalue weighted by atomic mass is 16.5. The monoisotopic (exact) mass is 484 g/mol. The average Bonchev–Trinajstić information content (AvgIpc) is 2.91. The molecule has 1 aliphatic rings. The molecule has 188 valence electrons. The largest absolute Gasteiger partial charge is 0.491 e. The number of esters is 1. The van der Waals surface area contributed by atoms with E-state index in [1.165, 1.54) is 31.2 Å². The van der Waals surface area contributed by atoms with Crippen LogP contribution in [0.15, 0.2) is 78.9 Å². The maximum absolute atomic E-state index is 12.1. The molecule has 0 heterocycles. The van der Waals surface area contributed by atoms with E-state index in [0.29, 0.717) is 17.2 Å². The molecule has 0 unspecified atom stereocenters. The van der Waals surface area contributed by atoms with Crippen LogP contribution in [0, 0.1) is 5.92 Å². The van der Waals surface area contributed by atoms with E-state index in [-0.39, 0.29) is 19.8 Å². The first-order valence-electron chi connectivity index (χ1n) is 12.8. The summed E-state index contributed by atoms with van der Waals surface area (Å²) < 4.78 is 11.0. The molecule has 3 aromatic rings. The maximum Gasteiger partial charge on any atom is 0.333 e. The lowest BCUT2D eigenvalue weighted by Gasteiger charge is -2.26. The van der Waals surface area contributed by atoms with E-state index < -0.39 is 5.97 Å². The summed E-state index contributed by atoms with van der Waals surface area (Å²) >= 11 is 0. The van der Waals surface area contributed by atoms with Gasteiger partial charge in [-0.3, -0.25) is 0 Å². The lowest BCUT2D eigenvalue weighted by molar-refractivity contribution is -0.140. The third-order valence-corrected chi connectivity index (χ3v) is 7.07. The SMILES string of the molecule is C=C(C)C(=O)OCc1cc(-c2ccc(C3CCC(C)CC3)cc2)ccc1-c1ccc(OCCO)cc1. The molecule has 1 N–H and O–H groups in total.